The summed E-state index contributed by atoms with van der Waals surface area (Å²) in [5, 5.41) is 9.90. The number of nitrogens with zero attached hydrogens (tertiary/aromatic N) is 2. The monoisotopic (exact) mass is 608 g/mol. The number of thiocarbonyl (C=S) groups is 1. The van der Waals surface area contributed by atoms with Gasteiger partial charge in [-0.2, -0.15) is 0 Å². The maximum atomic E-state index is 13.2. The van der Waals surface area contributed by atoms with Crippen LogP contribution in [0.1, 0.15) is 31.2 Å². The zero-order valence-electron chi connectivity index (χ0n) is 21.4. The lowest BCUT2D eigenvalue weighted by atomic mass is 10.0. The summed E-state index contributed by atoms with van der Waals surface area (Å²) in [5.74, 6) is -0.304. The molecule has 2 saturated heterocycles. The highest BCUT2D eigenvalue weighted by atomic mass is 35.5. The minimum absolute atomic E-state index is 0.126. The van der Waals surface area contributed by atoms with Gasteiger partial charge >= 0.3 is 5.97 Å². The quantitative estimate of drug-likeness (QED) is 0.173. The first-order valence-electron chi connectivity index (χ1n) is 12.8. The van der Waals surface area contributed by atoms with Crippen molar-refractivity contribution in [1.82, 2.24) is 9.80 Å². The van der Waals surface area contributed by atoms with Crippen molar-refractivity contribution in [2.45, 2.75) is 25.7 Å². The van der Waals surface area contributed by atoms with Crippen LogP contribution in [0.2, 0.25) is 10.0 Å². The van der Waals surface area contributed by atoms with Gasteiger partial charge in [0.25, 0.3) is 5.91 Å². The van der Waals surface area contributed by atoms with Gasteiger partial charge in [-0.25, -0.2) is 0 Å². The van der Waals surface area contributed by atoms with E-state index in [-0.39, 0.29) is 12.3 Å². The number of halogens is 2. The highest BCUT2D eigenvalue weighted by molar-refractivity contribution is 8.26. The predicted molar refractivity (Wildman–Crippen MR) is 161 cm³/mol. The number of rotatable bonds is 12. The van der Waals surface area contributed by atoms with Crippen LogP contribution in [0.25, 0.3) is 17.2 Å². The summed E-state index contributed by atoms with van der Waals surface area (Å²) in [4.78, 5) is 28.4. The average Bonchev–Trinajstić information content (AvgIpc) is 3.17. The summed E-state index contributed by atoms with van der Waals surface area (Å²) in [5.41, 5.74) is 2.45. The van der Waals surface area contributed by atoms with E-state index >= 15 is 0 Å². The number of hydrogen-bond acceptors (Lipinski definition) is 7. The third-order valence-corrected chi connectivity index (χ3v) is 8.38. The fourth-order valence-electron chi connectivity index (χ4n) is 4.35. The summed E-state index contributed by atoms with van der Waals surface area (Å²) in [6.45, 7) is 4.94. The number of hydrogen-bond donors (Lipinski definition) is 1. The molecule has 208 valence electrons. The standard InChI is InChI=1S/C28H30Cl2N2O5S2/c29-21-6-7-22(23(30)18-21)19-5-8-24(37-15-12-31-10-13-36-14-11-31)20(16-19)17-25-27(35)32(28(38)39-25)9-3-1-2-4-26(33)34/h5-8,16-18H,1-4,9-15H2,(H,33,34). The van der Waals surface area contributed by atoms with Gasteiger partial charge in [0, 0.05) is 53.8 Å². The van der Waals surface area contributed by atoms with Gasteiger partial charge in [0.1, 0.15) is 16.7 Å². The minimum Gasteiger partial charge on any atom is -0.492 e. The number of amides is 1. The maximum absolute atomic E-state index is 13.2. The summed E-state index contributed by atoms with van der Waals surface area (Å²) < 4.78 is 12.1. The molecule has 2 aromatic rings. The minimum atomic E-state index is -0.811. The van der Waals surface area contributed by atoms with Crippen LogP contribution >= 0.6 is 47.2 Å². The Kier molecular flexibility index (Phi) is 11.1. The third kappa shape index (κ3) is 8.42. The van der Waals surface area contributed by atoms with Crippen LogP contribution in [-0.4, -0.2) is 77.1 Å². The molecule has 2 aliphatic rings. The van der Waals surface area contributed by atoms with Crippen molar-refractivity contribution in [3.05, 3.63) is 56.9 Å². The lowest BCUT2D eigenvalue weighted by Gasteiger charge is -2.26. The predicted octanol–water partition coefficient (Wildman–Crippen LogP) is 6.22. The number of unbranched alkanes of at least 4 members (excludes halogenated alkanes) is 2. The summed E-state index contributed by atoms with van der Waals surface area (Å²) in [7, 11) is 0. The zero-order valence-corrected chi connectivity index (χ0v) is 24.5. The van der Waals surface area contributed by atoms with Gasteiger partial charge in [-0.05, 0) is 48.7 Å². The second kappa shape index (κ2) is 14.5. The second-order valence-corrected chi connectivity index (χ2v) is 11.7. The van der Waals surface area contributed by atoms with Gasteiger partial charge in [0.15, 0.2) is 0 Å². The SMILES string of the molecule is O=C(O)CCCCCN1C(=O)C(=Cc2cc(-c3ccc(Cl)cc3Cl)ccc2OCCN2CCOCC2)SC1=S. The Labute approximate surface area is 248 Å². The molecular formula is C28H30Cl2N2O5S2. The van der Waals surface area contributed by atoms with Gasteiger partial charge < -0.3 is 14.6 Å². The van der Waals surface area contributed by atoms with Crippen LogP contribution in [0, 0.1) is 0 Å². The number of ether oxygens (including phenoxy) is 2. The Morgan fingerprint density at radius 2 is 1.90 bits per heavy atom. The number of thioether (sulfide) groups is 1. The van der Waals surface area contributed by atoms with Crippen molar-refractivity contribution in [3.8, 4) is 16.9 Å². The average molecular weight is 610 g/mol. The summed E-state index contributed by atoms with van der Waals surface area (Å²) >= 11 is 19.3. The third-order valence-electron chi connectivity index (χ3n) is 6.45. The second-order valence-electron chi connectivity index (χ2n) is 9.22. The molecule has 1 N–H and O–H groups in total. The number of benzene rings is 2. The van der Waals surface area contributed by atoms with E-state index in [2.05, 4.69) is 4.90 Å². The number of carboxylic acids is 1. The van der Waals surface area contributed by atoms with Crippen LogP contribution < -0.4 is 4.74 Å². The topological polar surface area (TPSA) is 79.3 Å². The largest absolute Gasteiger partial charge is 0.492 e. The van der Waals surface area contributed by atoms with Crippen molar-refractivity contribution >= 4 is 69.5 Å². The molecule has 0 saturated carbocycles. The molecule has 0 aromatic heterocycles. The van der Waals surface area contributed by atoms with Crippen LogP contribution in [0.5, 0.6) is 5.75 Å². The van der Waals surface area contributed by atoms with Crippen molar-refractivity contribution < 1.29 is 24.2 Å². The van der Waals surface area contributed by atoms with Gasteiger partial charge in [-0.1, -0.05) is 65.7 Å². The molecule has 4 rings (SSSR count). The molecule has 0 atom stereocenters. The number of morpholine rings is 1. The van der Waals surface area contributed by atoms with E-state index in [1.54, 1.807) is 17.0 Å². The summed E-state index contributed by atoms with van der Waals surface area (Å²) in [6.07, 6.45) is 3.92. The van der Waals surface area contributed by atoms with E-state index in [4.69, 9.17) is 50.0 Å². The van der Waals surface area contributed by atoms with Gasteiger partial charge in [-0.3, -0.25) is 19.4 Å². The number of carbonyl (C=O) groups is 2. The molecule has 0 unspecified atom stereocenters. The van der Waals surface area contributed by atoms with Crippen molar-refractivity contribution in [2.24, 2.45) is 0 Å². The molecule has 2 fully saturated rings. The Morgan fingerprint density at radius 1 is 1.10 bits per heavy atom. The molecule has 2 heterocycles. The first kappa shape index (κ1) is 29.8. The maximum Gasteiger partial charge on any atom is 0.303 e. The van der Waals surface area contributed by atoms with Crippen LogP contribution in [0.15, 0.2) is 41.3 Å². The van der Waals surface area contributed by atoms with Gasteiger partial charge in [0.2, 0.25) is 0 Å². The van der Waals surface area contributed by atoms with E-state index in [9.17, 15) is 9.59 Å². The van der Waals surface area contributed by atoms with Crippen LogP contribution in [0.4, 0.5) is 0 Å². The molecule has 1 amide bonds. The molecule has 11 heteroatoms. The lowest BCUT2D eigenvalue weighted by molar-refractivity contribution is -0.137. The number of aliphatic carboxylic acids is 1. The lowest BCUT2D eigenvalue weighted by Crippen LogP contribution is -2.38. The first-order valence-corrected chi connectivity index (χ1v) is 14.8. The molecule has 0 spiro atoms. The molecule has 7 nitrogen and oxygen atoms in total. The van der Waals surface area contributed by atoms with Crippen molar-refractivity contribution in [3.63, 3.8) is 0 Å². The molecule has 0 bridgehead atoms. The molecule has 0 radical (unpaired) electrons. The van der Waals surface area contributed by atoms with Crippen LogP contribution in [0.3, 0.4) is 0 Å². The Morgan fingerprint density at radius 3 is 2.64 bits per heavy atom. The fourth-order valence-corrected chi connectivity index (χ4v) is 6.17. The normalized spacial score (nSPS) is 17.3. The number of carboxylic acid groups (broad SMARTS) is 1. The van der Waals surface area contributed by atoms with E-state index in [0.717, 1.165) is 49.5 Å². The van der Waals surface area contributed by atoms with Gasteiger partial charge in [-0.15, -0.1) is 0 Å². The van der Waals surface area contributed by atoms with E-state index < -0.39 is 5.97 Å². The Bertz CT molecular complexity index is 1250. The smallest absolute Gasteiger partial charge is 0.303 e. The first-order chi connectivity index (χ1) is 18.8. The van der Waals surface area contributed by atoms with Crippen molar-refractivity contribution in [1.29, 1.82) is 0 Å². The molecule has 2 aliphatic heterocycles. The molecular weight excluding hydrogens is 579 g/mol. The van der Waals surface area contributed by atoms with E-state index in [1.165, 1.54) is 11.8 Å². The Hall–Kier alpha value is -2.14. The summed E-state index contributed by atoms with van der Waals surface area (Å²) in [6, 6.07) is 11.2. The van der Waals surface area contributed by atoms with Crippen molar-refractivity contribution in [2.75, 3.05) is 46.0 Å². The fraction of sp³-hybridized carbons (Fsp3) is 0.393. The highest BCUT2D eigenvalue weighted by Gasteiger charge is 2.31. The van der Waals surface area contributed by atoms with Crippen LogP contribution in [-0.2, 0) is 14.3 Å². The van der Waals surface area contributed by atoms with Gasteiger partial charge in [0.05, 0.1) is 18.1 Å². The molecule has 39 heavy (non-hydrogen) atoms. The molecule has 0 aliphatic carbocycles. The Balaban J connectivity index is 1.53. The highest BCUT2D eigenvalue weighted by Crippen LogP contribution is 2.37. The van der Waals surface area contributed by atoms with E-state index in [1.807, 2.05) is 30.3 Å². The molecule has 2 aromatic carbocycles. The van der Waals surface area contributed by atoms with E-state index in [0.29, 0.717) is 57.4 Å². The number of carbonyl (C=O) groups excluding carboxylic acids is 1. The zero-order chi connectivity index (χ0) is 27.8.